The van der Waals surface area contributed by atoms with Crippen LogP contribution < -0.4 is 10.1 Å². The monoisotopic (exact) mass is 354 g/mol. The second kappa shape index (κ2) is 6.60. The van der Waals surface area contributed by atoms with Gasteiger partial charge in [-0.05, 0) is 18.6 Å². The molecule has 0 fully saturated rings. The molecule has 0 aliphatic rings. The lowest BCUT2D eigenvalue weighted by Crippen LogP contribution is -2.19. The molecule has 0 saturated heterocycles. The number of ether oxygens (including phenoxy) is 1. The normalized spacial score (nSPS) is 11.7. The van der Waals surface area contributed by atoms with Crippen LogP contribution in [0.5, 0.6) is 5.88 Å². The number of nitrogens with zero attached hydrogens (tertiary/aromatic N) is 3. The summed E-state index contributed by atoms with van der Waals surface area (Å²) < 4.78 is 40.8. The second-order valence-corrected chi connectivity index (χ2v) is 6.30. The maximum atomic E-state index is 12.1. The van der Waals surface area contributed by atoms with E-state index in [1.807, 2.05) is 13.0 Å². The predicted molar refractivity (Wildman–Crippen MR) is 85.3 cm³/mol. The summed E-state index contributed by atoms with van der Waals surface area (Å²) in [4.78, 5) is 14.3. The highest BCUT2D eigenvalue weighted by atomic mass is 32.1. The molecule has 0 radical (unpaired) electrons. The minimum absolute atomic E-state index is 0.0611. The number of nitrogens with one attached hydrogen (secondary N) is 1. The molecule has 0 aliphatic heterocycles. The summed E-state index contributed by atoms with van der Waals surface area (Å²) in [5.41, 5.74) is 0.799. The third-order valence-corrected chi connectivity index (χ3v) is 4.05. The van der Waals surface area contributed by atoms with Crippen molar-refractivity contribution in [2.75, 3.05) is 11.9 Å². The van der Waals surface area contributed by atoms with Crippen molar-refractivity contribution in [2.45, 2.75) is 19.6 Å². The van der Waals surface area contributed by atoms with E-state index in [0.717, 1.165) is 20.7 Å². The van der Waals surface area contributed by atoms with Crippen LogP contribution in [0.15, 0.2) is 30.7 Å². The van der Waals surface area contributed by atoms with Crippen LogP contribution in [0, 0.1) is 6.92 Å². The van der Waals surface area contributed by atoms with E-state index in [4.69, 9.17) is 0 Å². The molecule has 5 nitrogen and oxygen atoms in total. The Morgan fingerprint density at radius 2 is 2.04 bits per heavy atom. The van der Waals surface area contributed by atoms with Gasteiger partial charge in [-0.25, -0.2) is 15.0 Å². The highest BCUT2D eigenvalue weighted by Gasteiger charge is 2.28. The fraction of sp³-hybridized carbons (Fsp3) is 0.267. The second-order valence-electron chi connectivity index (χ2n) is 5.06. The summed E-state index contributed by atoms with van der Waals surface area (Å²) in [6.45, 7) is 1.08. The van der Waals surface area contributed by atoms with Crippen molar-refractivity contribution in [1.29, 1.82) is 0 Å². The van der Waals surface area contributed by atoms with Gasteiger partial charge in [0.1, 0.15) is 17.0 Å². The lowest BCUT2D eigenvalue weighted by Gasteiger charge is -2.09. The van der Waals surface area contributed by atoms with E-state index < -0.39 is 12.8 Å². The van der Waals surface area contributed by atoms with Gasteiger partial charge in [0, 0.05) is 23.7 Å². The Morgan fingerprint density at radius 1 is 1.21 bits per heavy atom. The Balaban J connectivity index is 1.64. The number of aryl methyl sites for hydroxylation is 1. The molecule has 9 heteroatoms. The van der Waals surface area contributed by atoms with Gasteiger partial charge >= 0.3 is 6.18 Å². The zero-order valence-electron chi connectivity index (χ0n) is 12.6. The van der Waals surface area contributed by atoms with Crippen LogP contribution in [0.3, 0.4) is 0 Å². The number of halogens is 3. The van der Waals surface area contributed by atoms with Crippen molar-refractivity contribution in [1.82, 2.24) is 15.0 Å². The summed E-state index contributed by atoms with van der Waals surface area (Å²) in [5, 5.41) is 4.13. The molecule has 3 rings (SSSR count). The summed E-state index contributed by atoms with van der Waals surface area (Å²) >= 11 is 1.59. The molecular formula is C15H13F3N4OS. The molecule has 0 bridgehead atoms. The first-order valence-corrected chi connectivity index (χ1v) is 7.82. The molecule has 1 N–H and O–H groups in total. The van der Waals surface area contributed by atoms with Crippen LogP contribution in [0.2, 0.25) is 0 Å². The van der Waals surface area contributed by atoms with Crippen LogP contribution in [0.25, 0.3) is 10.2 Å². The van der Waals surface area contributed by atoms with Crippen LogP contribution in [-0.4, -0.2) is 27.7 Å². The molecule has 3 aromatic rings. The quantitative estimate of drug-likeness (QED) is 0.752. The molecule has 0 aromatic carbocycles. The van der Waals surface area contributed by atoms with Gasteiger partial charge in [-0.2, -0.15) is 13.2 Å². The first-order valence-electron chi connectivity index (χ1n) is 7.00. The zero-order valence-corrected chi connectivity index (χ0v) is 13.4. The van der Waals surface area contributed by atoms with Crippen molar-refractivity contribution in [3.05, 3.63) is 41.2 Å². The van der Waals surface area contributed by atoms with Crippen LogP contribution in [0.1, 0.15) is 10.4 Å². The number of hydrogen-bond donors (Lipinski definition) is 1. The fourth-order valence-corrected chi connectivity index (χ4v) is 2.91. The minimum atomic E-state index is -4.38. The van der Waals surface area contributed by atoms with E-state index in [9.17, 15) is 13.2 Å². The van der Waals surface area contributed by atoms with Gasteiger partial charge < -0.3 is 10.1 Å². The molecule has 0 spiro atoms. The predicted octanol–water partition coefficient (Wildman–Crippen LogP) is 3.95. The molecule has 24 heavy (non-hydrogen) atoms. The van der Waals surface area contributed by atoms with Gasteiger partial charge in [0.15, 0.2) is 6.61 Å². The Bertz CT molecular complexity index is 833. The molecule has 3 aromatic heterocycles. The summed E-state index contributed by atoms with van der Waals surface area (Å²) in [5.74, 6) is 0.649. The lowest BCUT2D eigenvalue weighted by molar-refractivity contribution is -0.154. The number of fused-ring (bicyclic) bond motifs is 1. The number of hydrogen-bond acceptors (Lipinski definition) is 6. The van der Waals surface area contributed by atoms with Crippen molar-refractivity contribution in [2.24, 2.45) is 0 Å². The molecule has 0 saturated carbocycles. The summed E-state index contributed by atoms with van der Waals surface area (Å²) in [6.07, 6.45) is -1.41. The van der Waals surface area contributed by atoms with Crippen LogP contribution in [-0.2, 0) is 6.54 Å². The van der Waals surface area contributed by atoms with Crippen molar-refractivity contribution < 1.29 is 17.9 Å². The molecule has 0 atom stereocenters. The average molecular weight is 354 g/mol. The maximum Gasteiger partial charge on any atom is 0.422 e. The number of thiophene rings is 1. The maximum absolute atomic E-state index is 12.1. The highest BCUT2D eigenvalue weighted by Crippen LogP contribution is 2.27. The van der Waals surface area contributed by atoms with Gasteiger partial charge in [-0.1, -0.05) is 6.07 Å². The fourth-order valence-electron chi connectivity index (χ4n) is 2.06. The third-order valence-electron chi connectivity index (χ3n) is 3.09. The molecular weight excluding hydrogens is 341 g/mol. The van der Waals surface area contributed by atoms with E-state index in [2.05, 4.69) is 25.0 Å². The van der Waals surface area contributed by atoms with Gasteiger partial charge in [0.05, 0.1) is 5.39 Å². The molecule has 3 heterocycles. The summed E-state index contributed by atoms with van der Waals surface area (Å²) in [6, 6.07) is 5.07. The molecule has 126 valence electrons. The Hall–Kier alpha value is -2.42. The van der Waals surface area contributed by atoms with Gasteiger partial charge in [-0.3, -0.25) is 0 Å². The SMILES string of the molecule is Cc1cc2c(NCc3ccc(OCC(F)(F)F)nc3)ncnc2s1. The van der Waals surface area contributed by atoms with E-state index >= 15 is 0 Å². The third kappa shape index (κ3) is 4.10. The van der Waals surface area contributed by atoms with Crippen LogP contribution >= 0.6 is 11.3 Å². The number of aromatic nitrogens is 3. The van der Waals surface area contributed by atoms with Crippen molar-refractivity contribution in [3.8, 4) is 5.88 Å². The Morgan fingerprint density at radius 3 is 2.75 bits per heavy atom. The van der Waals surface area contributed by atoms with E-state index in [-0.39, 0.29) is 5.88 Å². The lowest BCUT2D eigenvalue weighted by atomic mass is 10.2. The first-order chi connectivity index (χ1) is 11.4. The van der Waals surface area contributed by atoms with Crippen LogP contribution in [0.4, 0.5) is 19.0 Å². The first kappa shape index (κ1) is 16.4. The Labute approximate surface area is 139 Å². The zero-order chi connectivity index (χ0) is 17.2. The standard InChI is InChI=1S/C15H13F3N4OS/c1-9-4-11-13(21-8-22-14(11)24-9)20-6-10-2-3-12(19-5-10)23-7-15(16,17)18/h2-5,8H,6-7H2,1H3,(H,20,21,22). The smallest absolute Gasteiger partial charge is 0.422 e. The largest absolute Gasteiger partial charge is 0.468 e. The van der Waals surface area contributed by atoms with E-state index in [0.29, 0.717) is 12.4 Å². The van der Waals surface area contributed by atoms with E-state index in [1.165, 1.54) is 18.6 Å². The van der Waals surface area contributed by atoms with Gasteiger partial charge in [0.2, 0.25) is 5.88 Å². The topological polar surface area (TPSA) is 59.9 Å². The number of alkyl halides is 3. The molecule has 0 amide bonds. The van der Waals surface area contributed by atoms with Gasteiger partial charge in [-0.15, -0.1) is 11.3 Å². The van der Waals surface area contributed by atoms with Gasteiger partial charge in [0.25, 0.3) is 0 Å². The highest BCUT2D eigenvalue weighted by molar-refractivity contribution is 7.18. The van der Waals surface area contributed by atoms with Crippen molar-refractivity contribution >= 4 is 27.4 Å². The number of anilines is 1. The molecule has 0 aliphatic carbocycles. The average Bonchev–Trinajstić information content (AvgIpc) is 2.92. The van der Waals surface area contributed by atoms with E-state index in [1.54, 1.807) is 17.4 Å². The summed E-state index contributed by atoms with van der Waals surface area (Å²) in [7, 11) is 0. The molecule has 0 unspecified atom stereocenters. The minimum Gasteiger partial charge on any atom is -0.468 e. The number of rotatable bonds is 5. The van der Waals surface area contributed by atoms with Crippen molar-refractivity contribution in [3.63, 3.8) is 0 Å². The number of pyridine rings is 1. The Kier molecular flexibility index (Phi) is 4.52.